The van der Waals surface area contributed by atoms with Crippen molar-refractivity contribution in [2.24, 2.45) is 0 Å². The number of nitrogens with zero attached hydrogens (tertiary/aromatic N) is 8. The summed E-state index contributed by atoms with van der Waals surface area (Å²) in [6.07, 6.45) is 3.60. The molecule has 0 spiro atoms. The number of carbonyl (C=O) groups excluding carboxylic acids is 1. The molecule has 0 saturated carbocycles. The molecular weight excluding hydrogens is 634 g/mol. The van der Waals surface area contributed by atoms with Crippen LogP contribution in [0.1, 0.15) is 26.3 Å². The molecule has 1 atom stereocenters. The zero-order valence-corrected chi connectivity index (χ0v) is 29.2. The molecule has 0 unspecified atom stereocenters. The third-order valence-electron chi connectivity index (χ3n) is 9.20. The molecular formula is C37H45N9O4. The van der Waals surface area contributed by atoms with E-state index in [1.165, 1.54) is 5.56 Å². The summed E-state index contributed by atoms with van der Waals surface area (Å²) in [4.78, 5) is 30.8. The highest BCUT2D eigenvalue weighted by Crippen LogP contribution is 2.37. The first kappa shape index (κ1) is 33.5. The first-order valence-corrected chi connectivity index (χ1v) is 17.2. The van der Waals surface area contributed by atoms with Crippen LogP contribution >= 0.6 is 0 Å². The van der Waals surface area contributed by atoms with Gasteiger partial charge in [-0.15, -0.1) is 10.2 Å². The number of hydrogen-bond acceptors (Lipinski definition) is 12. The maximum Gasteiger partial charge on any atom is 0.410 e. The molecule has 1 N–H and O–H groups in total. The highest BCUT2D eigenvalue weighted by atomic mass is 16.7. The van der Waals surface area contributed by atoms with Gasteiger partial charge in [0.25, 0.3) is 0 Å². The average Bonchev–Trinajstić information content (AvgIpc) is 3.13. The van der Waals surface area contributed by atoms with Crippen LogP contribution in [0.25, 0.3) is 22.4 Å². The van der Waals surface area contributed by atoms with Gasteiger partial charge in [-0.3, -0.25) is 4.90 Å². The van der Waals surface area contributed by atoms with E-state index in [1.807, 2.05) is 57.4 Å². The molecule has 3 aliphatic rings. The molecule has 2 fully saturated rings. The molecule has 7 rings (SSSR count). The summed E-state index contributed by atoms with van der Waals surface area (Å²) in [6.45, 7) is 12.8. The second-order valence-electron chi connectivity index (χ2n) is 13.9. The van der Waals surface area contributed by atoms with Crippen molar-refractivity contribution in [1.82, 2.24) is 30.0 Å². The summed E-state index contributed by atoms with van der Waals surface area (Å²) in [7, 11) is 1.60. The van der Waals surface area contributed by atoms with Crippen LogP contribution in [0.3, 0.4) is 0 Å². The van der Waals surface area contributed by atoms with E-state index in [1.54, 1.807) is 12.0 Å². The molecule has 1 amide bonds. The number of carbonyl (C=O) groups is 1. The molecule has 50 heavy (non-hydrogen) atoms. The Labute approximate surface area is 293 Å². The predicted octanol–water partition coefficient (Wildman–Crippen LogP) is 4.76. The number of benzene rings is 2. The van der Waals surface area contributed by atoms with Gasteiger partial charge < -0.3 is 34.2 Å². The van der Waals surface area contributed by atoms with Gasteiger partial charge in [-0.25, -0.2) is 14.8 Å². The van der Waals surface area contributed by atoms with Crippen LogP contribution in [-0.4, -0.2) is 114 Å². The number of piperazine rings is 2. The monoisotopic (exact) mass is 679 g/mol. The lowest BCUT2D eigenvalue weighted by Gasteiger charge is -2.45. The van der Waals surface area contributed by atoms with Gasteiger partial charge in [-0.05, 0) is 50.1 Å². The lowest BCUT2D eigenvalue weighted by molar-refractivity contribution is 0.0139. The highest BCUT2D eigenvalue weighted by Gasteiger charge is 2.34. The van der Waals surface area contributed by atoms with Gasteiger partial charge in [0.2, 0.25) is 5.95 Å². The summed E-state index contributed by atoms with van der Waals surface area (Å²) in [6, 6.07) is 18.7. The summed E-state index contributed by atoms with van der Waals surface area (Å²) >= 11 is 0. The van der Waals surface area contributed by atoms with Crippen LogP contribution < -0.4 is 19.9 Å². The van der Waals surface area contributed by atoms with E-state index in [9.17, 15) is 4.79 Å². The Morgan fingerprint density at radius 3 is 2.42 bits per heavy atom. The molecule has 2 aromatic carbocycles. The fourth-order valence-corrected chi connectivity index (χ4v) is 6.64. The maximum atomic E-state index is 12.4. The Bertz CT molecular complexity index is 1770. The minimum absolute atomic E-state index is 0.162. The van der Waals surface area contributed by atoms with Gasteiger partial charge in [0.1, 0.15) is 11.4 Å². The molecule has 262 valence electrons. The molecule has 4 aromatic rings. The van der Waals surface area contributed by atoms with E-state index in [2.05, 4.69) is 60.5 Å². The first-order valence-electron chi connectivity index (χ1n) is 17.2. The van der Waals surface area contributed by atoms with Gasteiger partial charge in [-0.2, -0.15) is 0 Å². The van der Waals surface area contributed by atoms with Crippen LogP contribution in [-0.2, 0) is 16.0 Å². The zero-order chi connectivity index (χ0) is 34.7. The number of aromatic nitrogens is 4. The van der Waals surface area contributed by atoms with E-state index in [4.69, 9.17) is 24.2 Å². The van der Waals surface area contributed by atoms with Crippen molar-refractivity contribution < 1.29 is 19.0 Å². The molecule has 13 heteroatoms. The van der Waals surface area contributed by atoms with Crippen molar-refractivity contribution in [2.75, 3.05) is 81.4 Å². The molecule has 2 saturated heterocycles. The van der Waals surface area contributed by atoms with Crippen molar-refractivity contribution in [3.8, 4) is 28.1 Å². The van der Waals surface area contributed by atoms with Gasteiger partial charge in [-0.1, -0.05) is 36.4 Å². The largest absolute Gasteiger partial charge is 0.467 e. The van der Waals surface area contributed by atoms with Crippen LogP contribution in [0.5, 0.6) is 5.75 Å². The van der Waals surface area contributed by atoms with E-state index in [-0.39, 0.29) is 18.9 Å². The minimum Gasteiger partial charge on any atom is -0.467 e. The average molecular weight is 680 g/mol. The second-order valence-corrected chi connectivity index (χ2v) is 13.9. The van der Waals surface area contributed by atoms with E-state index < -0.39 is 5.60 Å². The number of fused-ring (bicyclic) bond motifs is 3. The summed E-state index contributed by atoms with van der Waals surface area (Å²) in [5.41, 5.74) is 5.49. The van der Waals surface area contributed by atoms with Gasteiger partial charge in [0.05, 0.1) is 17.4 Å². The van der Waals surface area contributed by atoms with E-state index in [0.717, 1.165) is 85.7 Å². The maximum absolute atomic E-state index is 12.4. The highest BCUT2D eigenvalue weighted by molar-refractivity contribution is 5.77. The topological polar surface area (TPSA) is 121 Å². The quantitative estimate of drug-likeness (QED) is 0.259. The van der Waals surface area contributed by atoms with Crippen molar-refractivity contribution in [3.05, 3.63) is 72.6 Å². The van der Waals surface area contributed by atoms with Gasteiger partial charge in [0.15, 0.2) is 12.6 Å². The molecule has 0 radical (unpaired) electrons. The summed E-state index contributed by atoms with van der Waals surface area (Å²) in [5.74, 6) is 2.23. The van der Waals surface area contributed by atoms with Crippen molar-refractivity contribution in [1.29, 1.82) is 0 Å². The van der Waals surface area contributed by atoms with E-state index >= 15 is 0 Å². The number of rotatable bonds is 8. The fraction of sp³-hybridized carbons (Fsp3) is 0.432. The van der Waals surface area contributed by atoms with Crippen LogP contribution in [0.2, 0.25) is 0 Å². The van der Waals surface area contributed by atoms with Crippen LogP contribution in [0.15, 0.2) is 67.0 Å². The lowest BCUT2D eigenvalue weighted by Crippen LogP contribution is -2.58. The Hall–Kier alpha value is -5.01. The summed E-state index contributed by atoms with van der Waals surface area (Å²) < 4.78 is 16.4. The zero-order valence-electron chi connectivity index (χ0n) is 29.2. The third-order valence-corrected chi connectivity index (χ3v) is 9.20. The predicted molar refractivity (Wildman–Crippen MR) is 192 cm³/mol. The molecule has 3 aliphatic heterocycles. The SMILES string of the molecule is COCOc1ccccc1-c1cc2c(nn1)NC[C@H]1CN(c3ncc(-c4ccc(CN5CCN(C(=O)OC(C)(C)C)CC5)cc4)cn3)CCN21. The second kappa shape index (κ2) is 14.5. The van der Waals surface area contributed by atoms with Gasteiger partial charge in [0, 0.05) is 89.5 Å². The minimum atomic E-state index is -0.478. The molecule has 2 aromatic heterocycles. The van der Waals surface area contributed by atoms with Crippen molar-refractivity contribution in [3.63, 3.8) is 0 Å². The number of ether oxygens (including phenoxy) is 3. The number of hydrogen-bond donors (Lipinski definition) is 1. The van der Waals surface area contributed by atoms with Gasteiger partial charge >= 0.3 is 6.09 Å². The standard InChI is InChI=1S/C37H45N9O4/c1-37(2,3)50-36(47)44-15-13-43(14-16-44)23-26-9-11-27(12-10-26)28-20-39-35(40-21-28)45-17-18-46-29(24-45)22-38-34-32(46)19-31(41-42-34)30-7-5-6-8-33(30)49-25-48-4/h5-12,19-21,29H,13-18,22-25H2,1-4H3,(H,38,42)/t29-/m0/s1. The smallest absolute Gasteiger partial charge is 0.410 e. The Kier molecular flexibility index (Phi) is 9.68. The van der Waals surface area contributed by atoms with Crippen molar-refractivity contribution in [2.45, 2.75) is 39.0 Å². The van der Waals surface area contributed by atoms with Crippen LogP contribution in [0.4, 0.5) is 22.2 Å². The molecule has 0 aliphatic carbocycles. The molecule has 5 heterocycles. The normalized spacial score (nSPS) is 17.8. The number of nitrogens with one attached hydrogen (secondary N) is 1. The van der Waals surface area contributed by atoms with Crippen LogP contribution in [0, 0.1) is 0 Å². The Morgan fingerprint density at radius 1 is 0.920 bits per heavy atom. The number of anilines is 3. The Morgan fingerprint density at radius 2 is 1.68 bits per heavy atom. The summed E-state index contributed by atoms with van der Waals surface area (Å²) in [5, 5.41) is 12.5. The number of amides is 1. The fourth-order valence-electron chi connectivity index (χ4n) is 6.64. The lowest BCUT2D eigenvalue weighted by atomic mass is 10.1. The molecule has 13 nitrogen and oxygen atoms in total. The van der Waals surface area contributed by atoms with E-state index in [0.29, 0.717) is 18.8 Å². The first-order chi connectivity index (χ1) is 24.2. The number of para-hydroxylation sites is 1. The molecule has 0 bridgehead atoms. The van der Waals surface area contributed by atoms with Crippen molar-refractivity contribution >= 4 is 23.5 Å². The third kappa shape index (κ3) is 7.58. The Balaban J connectivity index is 0.947. The number of methoxy groups -OCH3 is 1.